The van der Waals surface area contributed by atoms with E-state index >= 15 is 0 Å². The van der Waals surface area contributed by atoms with Crippen LogP contribution in [0.4, 0.5) is 0 Å². The van der Waals surface area contributed by atoms with Crippen LogP contribution in [0, 0.1) is 13.8 Å². The summed E-state index contributed by atoms with van der Waals surface area (Å²) in [5.41, 5.74) is 4.87. The Morgan fingerprint density at radius 3 is 2.72 bits per heavy atom. The molecule has 0 unspecified atom stereocenters. The fourth-order valence-electron chi connectivity index (χ4n) is 5.13. The van der Waals surface area contributed by atoms with Crippen LogP contribution in [0.2, 0.25) is 0 Å². The van der Waals surface area contributed by atoms with Gasteiger partial charge in [0, 0.05) is 25.3 Å². The fourth-order valence-corrected chi connectivity index (χ4v) is 5.13. The molecule has 0 bridgehead atoms. The van der Waals surface area contributed by atoms with Crippen molar-refractivity contribution in [3.05, 3.63) is 74.8 Å². The molecule has 1 fully saturated rings. The van der Waals surface area contributed by atoms with E-state index in [-0.39, 0.29) is 11.7 Å². The zero-order chi connectivity index (χ0) is 27.4. The molecule has 1 N–H and O–H groups in total. The number of methoxy groups -OCH3 is 2. The monoisotopic (exact) mass is 532 g/mol. The molecule has 0 aliphatic carbocycles. The van der Waals surface area contributed by atoms with Crippen LogP contribution in [-0.4, -0.2) is 63.6 Å². The summed E-state index contributed by atoms with van der Waals surface area (Å²) in [6.07, 6.45) is 2.94. The van der Waals surface area contributed by atoms with E-state index in [9.17, 15) is 4.79 Å². The summed E-state index contributed by atoms with van der Waals surface area (Å²) in [7, 11) is 3.26. The van der Waals surface area contributed by atoms with Crippen LogP contribution in [0.1, 0.15) is 40.9 Å². The number of nitrogens with one attached hydrogen (secondary N) is 1. The molecule has 2 aromatic carbocycles. The molecule has 0 radical (unpaired) electrons. The molecule has 0 saturated carbocycles. The summed E-state index contributed by atoms with van der Waals surface area (Å²) in [6.45, 7) is 7.14. The smallest absolute Gasteiger partial charge is 0.252 e. The van der Waals surface area contributed by atoms with Crippen molar-refractivity contribution >= 4 is 10.9 Å². The van der Waals surface area contributed by atoms with Crippen LogP contribution >= 0.6 is 0 Å². The zero-order valence-electron chi connectivity index (χ0n) is 23.1. The lowest BCUT2D eigenvalue weighted by Crippen LogP contribution is -2.30. The van der Waals surface area contributed by atoms with Crippen molar-refractivity contribution in [3.8, 4) is 11.5 Å². The highest BCUT2D eigenvalue weighted by Gasteiger charge is 2.21. The normalized spacial score (nSPS) is 15.4. The Hall–Kier alpha value is -3.76. The van der Waals surface area contributed by atoms with Gasteiger partial charge < -0.3 is 19.2 Å². The summed E-state index contributed by atoms with van der Waals surface area (Å²) >= 11 is 0. The molecule has 0 amide bonds. The second-order valence-corrected chi connectivity index (χ2v) is 10.2. The van der Waals surface area contributed by atoms with Gasteiger partial charge in [-0.3, -0.25) is 9.69 Å². The molecule has 1 aliphatic rings. The molecule has 10 heteroatoms. The Morgan fingerprint density at radius 1 is 1.10 bits per heavy atom. The third kappa shape index (κ3) is 6.12. The average Bonchev–Trinajstić information content (AvgIpc) is 3.62. The topological polar surface area (TPSA) is 107 Å². The number of aromatic amines is 1. The number of hydrogen-bond acceptors (Lipinski definition) is 8. The number of tetrazole rings is 1. The fraction of sp³-hybridized carbons (Fsp3) is 0.448. The molecular weight excluding hydrogens is 496 g/mol. The molecule has 206 valence electrons. The first-order valence-corrected chi connectivity index (χ1v) is 13.4. The number of aryl methyl sites for hydroxylation is 2. The molecule has 5 rings (SSSR count). The molecule has 4 aromatic rings. The molecule has 1 saturated heterocycles. The molecule has 10 nitrogen and oxygen atoms in total. The van der Waals surface area contributed by atoms with Gasteiger partial charge in [-0.1, -0.05) is 18.2 Å². The Bertz CT molecular complexity index is 1490. The van der Waals surface area contributed by atoms with Crippen molar-refractivity contribution in [2.75, 3.05) is 27.4 Å². The van der Waals surface area contributed by atoms with E-state index < -0.39 is 0 Å². The molecule has 1 aliphatic heterocycles. The van der Waals surface area contributed by atoms with Gasteiger partial charge in [-0.25, -0.2) is 4.68 Å². The zero-order valence-corrected chi connectivity index (χ0v) is 23.1. The number of rotatable bonds is 11. The minimum Gasteiger partial charge on any atom is -0.493 e. The van der Waals surface area contributed by atoms with Crippen molar-refractivity contribution in [3.63, 3.8) is 0 Å². The van der Waals surface area contributed by atoms with Gasteiger partial charge in [-0.05, 0) is 83.8 Å². The summed E-state index contributed by atoms with van der Waals surface area (Å²) in [5, 5.41) is 13.5. The van der Waals surface area contributed by atoms with Gasteiger partial charge in [0.05, 0.1) is 38.9 Å². The van der Waals surface area contributed by atoms with E-state index in [0.717, 1.165) is 59.3 Å². The number of H-pyrrole nitrogens is 1. The van der Waals surface area contributed by atoms with E-state index in [0.29, 0.717) is 43.2 Å². The molecule has 3 heterocycles. The first-order chi connectivity index (χ1) is 18.9. The number of aromatic nitrogens is 5. The number of hydrogen-bond donors (Lipinski definition) is 1. The summed E-state index contributed by atoms with van der Waals surface area (Å²) in [4.78, 5) is 18.5. The molecule has 1 atom stereocenters. The van der Waals surface area contributed by atoms with Crippen molar-refractivity contribution in [2.45, 2.75) is 58.8 Å². The maximum Gasteiger partial charge on any atom is 0.252 e. The maximum atomic E-state index is 13.2. The number of benzene rings is 2. The second-order valence-electron chi connectivity index (χ2n) is 10.2. The Labute approximate surface area is 227 Å². The van der Waals surface area contributed by atoms with Gasteiger partial charge in [0.25, 0.3) is 5.56 Å². The minimum absolute atomic E-state index is 0.0775. The van der Waals surface area contributed by atoms with Gasteiger partial charge in [-0.2, -0.15) is 0 Å². The van der Waals surface area contributed by atoms with E-state index in [2.05, 4.69) is 44.5 Å². The van der Waals surface area contributed by atoms with Gasteiger partial charge in [0.2, 0.25) is 0 Å². The largest absolute Gasteiger partial charge is 0.493 e. The van der Waals surface area contributed by atoms with Crippen molar-refractivity contribution in [1.82, 2.24) is 30.1 Å². The standard InChI is InChI=1S/C29H36N6O4/c1-19-7-9-22-15-23(29(36)30-28(22)20(19)2)16-34(12-11-21-8-10-25(37-3)26(14-21)38-4)18-27-31-32-33-35(27)17-24-6-5-13-39-24/h7-10,14-15,24H,5-6,11-13,16-18H2,1-4H3,(H,30,36)/t24-/m0/s1. The highest BCUT2D eigenvalue weighted by atomic mass is 16.5. The van der Waals surface area contributed by atoms with Crippen LogP contribution in [0.5, 0.6) is 11.5 Å². The highest BCUT2D eigenvalue weighted by Crippen LogP contribution is 2.28. The van der Waals surface area contributed by atoms with Crippen molar-refractivity contribution in [2.24, 2.45) is 0 Å². The first kappa shape index (κ1) is 26.8. The van der Waals surface area contributed by atoms with Crippen LogP contribution in [0.15, 0.2) is 41.2 Å². The lowest BCUT2D eigenvalue weighted by molar-refractivity contribution is 0.0916. The number of nitrogens with zero attached hydrogens (tertiary/aromatic N) is 5. The molecule has 0 spiro atoms. The van der Waals surface area contributed by atoms with Crippen LogP contribution in [0.25, 0.3) is 10.9 Å². The Kier molecular flexibility index (Phi) is 8.23. The van der Waals surface area contributed by atoms with Crippen LogP contribution in [0.3, 0.4) is 0 Å². The third-order valence-corrected chi connectivity index (χ3v) is 7.56. The predicted molar refractivity (Wildman–Crippen MR) is 148 cm³/mol. The lowest BCUT2D eigenvalue weighted by Gasteiger charge is -2.22. The van der Waals surface area contributed by atoms with Crippen molar-refractivity contribution in [1.29, 1.82) is 0 Å². The highest BCUT2D eigenvalue weighted by molar-refractivity contribution is 5.83. The first-order valence-electron chi connectivity index (χ1n) is 13.4. The van der Waals surface area contributed by atoms with E-state index in [1.807, 2.05) is 35.9 Å². The summed E-state index contributed by atoms with van der Waals surface area (Å²) in [5.74, 6) is 2.14. The van der Waals surface area contributed by atoms with Crippen molar-refractivity contribution < 1.29 is 14.2 Å². The number of pyridine rings is 1. The van der Waals surface area contributed by atoms with Gasteiger partial charge in [0.15, 0.2) is 17.3 Å². The van der Waals surface area contributed by atoms with Gasteiger partial charge in [0.1, 0.15) is 0 Å². The Morgan fingerprint density at radius 2 is 1.95 bits per heavy atom. The second kappa shape index (κ2) is 12.0. The van der Waals surface area contributed by atoms with E-state index in [1.165, 1.54) is 0 Å². The summed E-state index contributed by atoms with van der Waals surface area (Å²) in [6, 6.07) is 12.1. The van der Waals surface area contributed by atoms with Crippen LogP contribution in [-0.2, 0) is 30.8 Å². The van der Waals surface area contributed by atoms with Crippen LogP contribution < -0.4 is 15.0 Å². The average molecular weight is 533 g/mol. The lowest BCUT2D eigenvalue weighted by atomic mass is 10.0. The van der Waals surface area contributed by atoms with E-state index in [4.69, 9.17) is 14.2 Å². The third-order valence-electron chi connectivity index (χ3n) is 7.56. The molecular formula is C29H36N6O4. The molecule has 39 heavy (non-hydrogen) atoms. The summed E-state index contributed by atoms with van der Waals surface area (Å²) < 4.78 is 18.5. The SMILES string of the molecule is COc1ccc(CCN(Cc2cc3ccc(C)c(C)c3[nH]c2=O)Cc2nnnn2C[C@@H]2CCCO2)cc1OC. The number of fused-ring (bicyclic) bond motifs is 1. The minimum atomic E-state index is -0.0775. The quantitative estimate of drug-likeness (QED) is 0.312. The number of ether oxygens (including phenoxy) is 3. The van der Waals surface area contributed by atoms with Gasteiger partial charge >= 0.3 is 0 Å². The van der Waals surface area contributed by atoms with E-state index in [1.54, 1.807) is 14.2 Å². The van der Waals surface area contributed by atoms with Gasteiger partial charge in [-0.15, -0.1) is 5.10 Å². The Balaban J connectivity index is 1.40. The molecule has 2 aromatic heterocycles. The maximum absolute atomic E-state index is 13.2. The predicted octanol–water partition coefficient (Wildman–Crippen LogP) is 3.57.